The van der Waals surface area contributed by atoms with Gasteiger partial charge >= 0.3 is 0 Å². The highest BCUT2D eigenvalue weighted by molar-refractivity contribution is 6.04. The first-order valence-electron chi connectivity index (χ1n) is 13.2. The van der Waals surface area contributed by atoms with Gasteiger partial charge in [-0.25, -0.2) is 0 Å². The molecule has 1 nitrogen and oxygen atoms in total. The zero-order valence-electron chi connectivity index (χ0n) is 22.1. The number of hydrogen-bond acceptors (Lipinski definition) is 1. The third kappa shape index (κ3) is 3.89. The normalized spacial score (nSPS) is 13.2. The van der Waals surface area contributed by atoms with E-state index in [0.717, 1.165) is 5.75 Å². The van der Waals surface area contributed by atoms with Crippen molar-refractivity contribution in [3.8, 4) is 16.9 Å². The lowest BCUT2D eigenvalue weighted by atomic mass is 9.83. The quantitative estimate of drug-likeness (QED) is 0.201. The fourth-order valence-electron chi connectivity index (χ4n) is 5.31. The van der Waals surface area contributed by atoms with Gasteiger partial charge in [0.2, 0.25) is 0 Å². The molecule has 0 atom stereocenters. The van der Waals surface area contributed by atoms with E-state index in [1.807, 2.05) is 27.7 Å². The van der Waals surface area contributed by atoms with Gasteiger partial charge in [0.25, 0.3) is 0 Å². The van der Waals surface area contributed by atoms with Crippen molar-refractivity contribution in [2.75, 3.05) is 0 Å². The first-order valence-corrected chi connectivity index (χ1v) is 13.2. The summed E-state index contributed by atoms with van der Waals surface area (Å²) < 4.78 is 6.60. The highest BCUT2D eigenvalue weighted by Crippen LogP contribution is 2.48. The van der Waals surface area contributed by atoms with E-state index < -0.39 is 5.60 Å². The van der Waals surface area contributed by atoms with Gasteiger partial charge in [-0.2, -0.15) is 0 Å². The van der Waals surface area contributed by atoms with Crippen molar-refractivity contribution in [2.45, 2.75) is 47.1 Å². The van der Waals surface area contributed by atoms with Crippen LogP contribution in [0.1, 0.15) is 47.1 Å². The second-order valence-electron chi connectivity index (χ2n) is 9.45. The van der Waals surface area contributed by atoms with Crippen molar-refractivity contribution in [2.24, 2.45) is 0 Å². The topological polar surface area (TPSA) is 9.23 Å². The molecule has 0 amide bonds. The molecular formula is C35H34O. The summed E-state index contributed by atoms with van der Waals surface area (Å²) in [6, 6.07) is 35.5. The number of fused-ring (bicyclic) bond motifs is 7. The van der Waals surface area contributed by atoms with Gasteiger partial charge in [-0.3, -0.25) is 0 Å². The van der Waals surface area contributed by atoms with E-state index in [2.05, 4.69) is 111 Å². The van der Waals surface area contributed by atoms with Crippen molar-refractivity contribution in [3.05, 3.63) is 103 Å². The molecule has 6 aromatic carbocycles. The Balaban J connectivity index is 0.000000637. The van der Waals surface area contributed by atoms with Gasteiger partial charge in [0.1, 0.15) is 11.4 Å². The van der Waals surface area contributed by atoms with E-state index in [1.165, 1.54) is 59.8 Å². The van der Waals surface area contributed by atoms with E-state index in [1.54, 1.807) is 0 Å². The van der Waals surface area contributed by atoms with Crippen LogP contribution in [0.25, 0.3) is 54.2 Å². The van der Waals surface area contributed by atoms with Gasteiger partial charge in [-0.15, -0.1) is 0 Å². The Kier molecular flexibility index (Phi) is 6.18. The molecule has 0 bridgehead atoms. The Morgan fingerprint density at radius 1 is 0.444 bits per heavy atom. The lowest BCUT2D eigenvalue weighted by Crippen LogP contribution is -2.29. The lowest BCUT2D eigenvalue weighted by molar-refractivity contribution is 0.106. The fourth-order valence-corrected chi connectivity index (χ4v) is 5.31. The van der Waals surface area contributed by atoms with Crippen LogP contribution in [0.3, 0.4) is 0 Å². The Labute approximate surface area is 214 Å². The summed E-state index contributed by atoms with van der Waals surface area (Å²) in [5.74, 6) is 0.963. The predicted molar refractivity (Wildman–Crippen MR) is 158 cm³/mol. The molecule has 7 rings (SSSR count). The van der Waals surface area contributed by atoms with Crippen LogP contribution in [-0.4, -0.2) is 0 Å². The van der Waals surface area contributed by atoms with E-state index in [4.69, 9.17) is 4.74 Å². The van der Waals surface area contributed by atoms with E-state index in [0.29, 0.717) is 0 Å². The Morgan fingerprint density at radius 2 is 0.833 bits per heavy atom. The molecule has 0 saturated heterocycles. The van der Waals surface area contributed by atoms with Crippen molar-refractivity contribution in [1.29, 1.82) is 0 Å². The monoisotopic (exact) mass is 470 g/mol. The SMILES string of the molecule is CC.CC.CC1(C)Oc2cc3cc4ccccc4cc3cc2-c2cc3cc4ccccc4cc3cc21. The van der Waals surface area contributed by atoms with Gasteiger partial charge in [0.15, 0.2) is 0 Å². The molecule has 1 heteroatoms. The minimum Gasteiger partial charge on any atom is -0.482 e. The van der Waals surface area contributed by atoms with Gasteiger partial charge in [0.05, 0.1) is 0 Å². The molecule has 1 aliphatic rings. The highest BCUT2D eigenvalue weighted by Gasteiger charge is 2.33. The first kappa shape index (κ1) is 23.9. The van der Waals surface area contributed by atoms with Crippen LogP contribution in [0.4, 0.5) is 0 Å². The summed E-state index contributed by atoms with van der Waals surface area (Å²) >= 11 is 0. The Morgan fingerprint density at radius 3 is 1.31 bits per heavy atom. The van der Waals surface area contributed by atoms with Crippen molar-refractivity contribution in [3.63, 3.8) is 0 Å². The summed E-state index contributed by atoms with van der Waals surface area (Å²) in [5.41, 5.74) is 3.30. The smallest absolute Gasteiger partial charge is 0.129 e. The molecule has 0 fully saturated rings. The molecule has 0 radical (unpaired) electrons. The number of ether oxygens (including phenoxy) is 1. The largest absolute Gasteiger partial charge is 0.482 e. The second kappa shape index (κ2) is 9.32. The van der Waals surface area contributed by atoms with Crippen LogP contribution in [-0.2, 0) is 5.60 Å². The summed E-state index contributed by atoms with van der Waals surface area (Å²) in [6.45, 7) is 12.3. The molecule has 36 heavy (non-hydrogen) atoms. The maximum Gasteiger partial charge on any atom is 0.129 e. The van der Waals surface area contributed by atoms with Gasteiger partial charge < -0.3 is 4.74 Å². The Bertz CT molecular complexity index is 1720. The van der Waals surface area contributed by atoms with Gasteiger partial charge in [-0.1, -0.05) is 76.2 Å². The van der Waals surface area contributed by atoms with Crippen LogP contribution in [0.2, 0.25) is 0 Å². The molecule has 0 N–H and O–H groups in total. The fraction of sp³-hybridized carbons (Fsp3) is 0.200. The zero-order valence-corrected chi connectivity index (χ0v) is 22.1. The number of benzene rings is 6. The minimum atomic E-state index is -0.396. The highest BCUT2D eigenvalue weighted by atomic mass is 16.5. The van der Waals surface area contributed by atoms with E-state index in [-0.39, 0.29) is 0 Å². The molecule has 6 aromatic rings. The third-order valence-corrected chi connectivity index (χ3v) is 6.95. The summed E-state index contributed by atoms with van der Waals surface area (Å²) in [7, 11) is 0. The molecular weight excluding hydrogens is 436 g/mol. The summed E-state index contributed by atoms with van der Waals surface area (Å²) in [5, 5.41) is 10.1. The van der Waals surface area contributed by atoms with Gasteiger partial charge in [-0.05, 0) is 111 Å². The number of rotatable bonds is 0. The average Bonchev–Trinajstić information content (AvgIpc) is 2.91. The second-order valence-corrected chi connectivity index (χ2v) is 9.45. The van der Waals surface area contributed by atoms with Crippen LogP contribution >= 0.6 is 0 Å². The molecule has 0 unspecified atom stereocenters. The van der Waals surface area contributed by atoms with Crippen LogP contribution in [0.15, 0.2) is 97.1 Å². The Hall–Kier alpha value is -3.84. The molecule has 1 aliphatic heterocycles. The zero-order chi connectivity index (χ0) is 25.4. The molecule has 1 heterocycles. The van der Waals surface area contributed by atoms with E-state index in [9.17, 15) is 0 Å². The molecule has 0 saturated carbocycles. The van der Waals surface area contributed by atoms with Crippen molar-refractivity contribution in [1.82, 2.24) is 0 Å². The molecule has 180 valence electrons. The van der Waals surface area contributed by atoms with Crippen LogP contribution < -0.4 is 4.74 Å². The third-order valence-electron chi connectivity index (χ3n) is 6.95. The first-order chi connectivity index (χ1) is 17.5. The lowest BCUT2D eigenvalue weighted by Gasteiger charge is -2.35. The molecule has 0 spiro atoms. The van der Waals surface area contributed by atoms with Gasteiger partial charge in [0, 0.05) is 11.1 Å². The summed E-state index contributed by atoms with van der Waals surface area (Å²) in [4.78, 5) is 0. The average molecular weight is 471 g/mol. The predicted octanol–water partition coefficient (Wildman–Crippen LogP) is 10.6. The maximum atomic E-state index is 6.60. The van der Waals surface area contributed by atoms with Crippen LogP contribution in [0, 0.1) is 0 Å². The summed E-state index contributed by atoms with van der Waals surface area (Å²) in [6.07, 6.45) is 0. The maximum absolute atomic E-state index is 6.60. The number of hydrogen-bond donors (Lipinski definition) is 0. The molecule has 0 aliphatic carbocycles. The standard InChI is InChI=1S/C31H22O.2C2H6/c1-31(2)29-17-25-13-21-9-5-3-7-19(21)11-23(25)15-27(29)28-16-24-12-20-8-4-6-10-22(20)14-26(24)18-30(28)32-31;2*1-2/h3-18H,1-2H3;2*1-2H3. The minimum absolute atomic E-state index is 0.396. The van der Waals surface area contributed by atoms with E-state index >= 15 is 0 Å². The van der Waals surface area contributed by atoms with Crippen LogP contribution in [0.5, 0.6) is 5.75 Å². The van der Waals surface area contributed by atoms with Crippen molar-refractivity contribution >= 4 is 43.1 Å². The van der Waals surface area contributed by atoms with Crippen molar-refractivity contribution < 1.29 is 4.74 Å². The molecule has 0 aromatic heterocycles.